The predicted octanol–water partition coefficient (Wildman–Crippen LogP) is 3.57. The molecule has 0 saturated heterocycles. The third kappa shape index (κ3) is 3.93. The Morgan fingerprint density at radius 3 is 2.96 bits per heavy atom. The Bertz CT molecular complexity index is 794. The molecule has 2 N–H and O–H groups in total. The van der Waals surface area contributed by atoms with E-state index in [-0.39, 0.29) is 11.9 Å². The Morgan fingerprint density at radius 1 is 1.42 bits per heavy atom. The summed E-state index contributed by atoms with van der Waals surface area (Å²) in [6, 6.07) is 6.01. The van der Waals surface area contributed by atoms with Crippen LogP contribution in [0.25, 0.3) is 16.5 Å². The topological polar surface area (TPSA) is 57.4 Å². The van der Waals surface area contributed by atoms with Crippen molar-refractivity contribution in [2.45, 2.75) is 39.2 Å². The van der Waals surface area contributed by atoms with Crippen LogP contribution < -0.4 is 10.1 Å². The van der Waals surface area contributed by atoms with Gasteiger partial charge in [0.15, 0.2) is 0 Å². The van der Waals surface area contributed by atoms with Gasteiger partial charge in [0, 0.05) is 42.3 Å². The Hall–Kier alpha value is -2.27. The monoisotopic (exact) mass is 355 g/mol. The zero-order valence-corrected chi connectivity index (χ0v) is 16.0. The first-order valence-corrected chi connectivity index (χ1v) is 9.50. The Labute approximate surface area is 155 Å². The third-order valence-corrected chi connectivity index (χ3v) is 5.23. The number of carbonyl (C=O) groups excluding carboxylic acids is 1. The molecule has 0 radical (unpaired) electrons. The van der Waals surface area contributed by atoms with Gasteiger partial charge in [-0.15, -0.1) is 0 Å². The number of rotatable bonds is 7. The van der Waals surface area contributed by atoms with Crippen LogP contribution in [0.4, 0.5) is 0 Å². The number of nitrogens with one attached hydrogen (secondary N) is 2. The van der Waals surface area contributed by atoms with Gasteiger partial charge in [0.2, 0.25) is 5.91 Å². The van der Waals surface area contributed by atoms with E-state index in [1.54, 1.807) is 7.11 Å². The van der Waals surface area contributed by atoms with Crippen molar-refractivity contribution in [3.63, 3.8) is 0 Å². The first kappa shape index (κ1) is 18.5. The van der Waals surface area contributed by atoms with Crippen LogP contribution in [-0.4, -0.2) is 48.6 Å². The highest BCUT2D eigenvalue weighted by Crippen LogP contribution is 2.31. The van der Waals surface area contributed by atoms with Gasteiger partial charge in [-0.25, -0.2) is 0 Å². The third-order valence-electron chi connectivity index (χ3n) is 5.23. The van der Waals surface area contributed by atoms with Crippen molar-refractivity contribution in [3.8, 4) is 5.75 Å². The molecule has 2 aromatic rings. The lowest BCUT2D eigenvalue weighted by Crippen LogP contribution is -2.46. The second-order valence-corrected chi connectivity index (χ2v) is 6.91. The van der Waals surface area contributed by atoms with Crippen molar-refractivity contribution in [1.82, 2.24) is 15.2 Å². The molecule has 0 bridgehead atoms. The number of carbonyl (C=O) groups is 1. The van der Waals surface area contributed by atoms with Gasteiger partial charge < -0.3 is 15.0 Å². The molecule has 1 aliphatic heterocycles. The van der Waals surface area contributed by atoms with Crippen molar-refractivity contribution in [2.75, 3.05) is 26.7 Å². The summed E-state index contributed by atoms with van der Waals surface area (Å²) in [5.41, 5.74) is 3.69. The summed E-state index contributed by atoms with van der Waals surface area (Å²) in [4.78, 5) is 17.9. The lowest BCUT2D eigenvalue weighted by Gasteiger charge is -2.31. The molecular formula is C21H29N3O2. The maximum absolute atomic E-state index is 12.3. The van der Waals surface area contributed by atoms with Gasteiger partial charge in [0.1, 0.15) is 5.75 Å². The van der Waals surface area contributed by atoms with Crippen molar-refractivity contribution < 1.29 is 9.53 Å². The molecule has 2 heterocycles. The second-order valence-electron chi connectivity index (χ2n) is 6.91. The summed E-state index contributed by atoms with van der Waals surface area (Å²) in [5.74, 6) is 1.00. The van der Waals surface area contributed by atoms with E-state index in [1.165, 1.54) is 16.5 Å². The number of amides is 1. The first-order valence-electron chi connectivity index (χ1n) is 9.50. The van der Waals surface area contributed by atoms with E-state index in [4.69, 9.17) is 4.74 Å². The maximum Gasteiger partial charge on any atom is 0.237 e. The summed E-state index contributed by atoms with van der Waals surface area (Å²) in [6.45, 7) is 6.59. The van der Waals surface area contributed by atoms with E-state index in [1.807, 2.05) is 13.0 Å². The molecule has 3 rings (SSSR count). The average Bonchev–Trinajstić information content (AvgIpc) is 3.10. The van der Waals surface area contributed by atoms with E-state index >= 15 is 0 Å². The fourth-order valence-electron chi connectivity index (χ4n) is 3.48. The van der Waals surface area contributed by atoms with Gasteiger partial charge >= 0.3 is 0 Å². The fraction of sp³-hybridized carbons (Fsp3) is 0.476. The molecule has 140 valence electrons. The Morgan fingerprint density at radius 2 is 2.27 bits per heavy atom. The number of aromatic amines is 1. The van der Waals surface area contributed by atoms with Crippen molar-refractivity contribution in [3.05, 3.63) is 36.0 Å². The predicted molar refractivity (Wildman–Crippen MR) is 106 cm³/mol. The number of benzene rings is 1. The van der Waals surface area contributed by atoms with Crippen LogP contribution in [-0.2, 0) is 4.79 Å². The summed E-state index contributed by atoms with van der Waals surface area (Å²) in [7, 11) is 1.69. The lowest BCUT2D eigenvalue weighted by molar-refractivity contribution is -0.125. The quantitative estimate of drug-likeness (QED) is 0.747. The van der Waals surface area contributed by atoms with Crippen molar-refractivity contribution in [1.29, 1.82) is 0 Å². The number of fused-ring (bicyclic) bond motifs is 1. The lowest BCUT2D eigenvalue weighted by atomic mass is 9.98. The number of nitrogens with zero attached hydrogens (tertiary/aromatic N) is 1. The molecule has 5 heteroatoms. The van der Waals surface area contributed by atoms with Crippen LogP contribution in [0.3, 0.4) is 0 Å². The summed E-state index contributed by atoms with van der Waals surface area (Å²) < 4.78 is 5.36. The van der Waals surface area contributed by atoms with Crippen molar-refractivity contribution in [2.24, 2.45) is 0 Å². The number of aromatic nitrogens is 1. The van der Waals surface area contributed by atoms with Crippen LogP contribution in [0.2, 0.25) is 0 Å². The van der Waals surface area contributed by atoms with Crippen LogP contribution in [0, 0.1) is 0 Å². The minimum absolute atomic E-state index is 0.0901. The molecule has 1 aromatic heterocycles. The van der Waals surface area contributed by atoms with E-state index in [9.17, 15) is 4.79 Å². The molecule has 1 atom stereocenters. The highest BCUT2D eigenvalue weighted by Gasteiger charge is 2.23. The summed E-state index contributed by atoms with van der Waals surface area (Å²) in [6.07, 6.45) is 7.40. The molecule has 0 saturated carbocycles. The van der Waals surface area contributed by atoms with E-state index < -0.39 is 0 Å². The number of methoxy groups -OCH3 is 1. The Balaban J connectivity index is 1.69. The van der Waals surface area contributed by atoms with Gasteiger partial charge in [-0.1, -0.05) is 19.4 Å². The highest BCUT2D eigenvalue weighted by molar-refractivity contribution is 5.93. The zero-order valence-electron chi connectivity index (χ0n) is 16.0. The molecule has 0 fully saturated rings. The minimum atomic E-state index is -0.0901. The van der Waals surface area contributed by atoms with Crippen LogP contribution in [0.5, 0.6) is 5.75 Å². The molecule has 0 aliphatic carbocycles. The normalized spacial score (nSPS) is 16.3. The maximum atomic E-state index is 12.3. The average molecular weight is 355 g/mol. The molecular weight excluding hydrogens is 326 g/mol. The Kier molecular flexibility index (Phi) is 5.99. The van der Waals surface area contributed by atoms with Crippen molar-refractivity contribution >= 4 is 22.4 Å². The number of ether oxygens (including phenoxy) is 1. The molecule has 1 amide bonds. The fourth-order valence-corrected chi connectivity index (χ4v) is 3.48. The highest BCUT2D eigenvalue weighted by atomic mass is 16.5. The number of unbranched alkanes of at least 4 members (excludes halogenated alkanes) is 1. The van der Waals surface area contributed by atoms with Crippen LogP contribution in [0.15, 0.2) is 30.5 Å². The zero-order chi connectivity index (χ0) is 18.5. The smallest absolute Gasteiger partial charge is 0.237 e. The van der Waals surface area contributed by atoms with Gasteiger partial charge in [0.25, 0.3) is 0 Å². The SMILES string of the molecule is CCCCNC(=O)[C@H](C)N1CC=C(c2c[nH]c3ccc(OC)cc23)CC1. The largest absolute Gasteiger partial charge is 0.497 e. The van der Waals surface area contributed by atoms with Crippen LogP contribution in [0.1, 0.15) is 38.7 Å². The van der Waals surface area contributed by atoms with E-state index in [0.717, 1.165) is 50.2 Å². The molecule has 0 unspecified atom stereocenters. The number of hydrogen-bond donors (Lipinski definition) is 2. The van der Waals surface area contributed by atoms with Gasteiger partial charge in [-0.2, -0.15) is 0 Å². The summed E-state index contributed by atoms with van der Waals surface area (Å²) >= 11 is 0. The minimum Gasteiger partial charge on any atom is -0.497 e. The molecule has 26 heavy (non-hydrogen) atoms. The molecule has 5 nitrogen and oxygen atoms in total. The standard InChI is InChI=1S/C21H29N3O2/c1-4-5-10-22-21(25)15(2)24-11-8-16(9-12-24)19-14-23-20-7-6-17(26-3)13-18(19)20/h6-8,13-15,23H,4-5,9-12H2,1-3H3,(H,22,25)/t15-/m0/s1. The van der Waals surface area contributed by atoms with E-state index in [2.05, 4.69) is 46.5 Å². The second kappa shape index (κ2) is 8.41. The molecule has 1 aliphatic rings. The van der Waals surface area contributed by atoms with Gasteiger partial charge in [-0.3, -0.25) is 9.69 Å². The number of hydrogen-bond acceptors (Lipinski definition) is 3. The first-order chi connectivity index (χ1) is 12.6. The number of H-pyrrole nitrogens is 1. The summed E-state index contributed by atoms with van der Waals surface area (Å²) in [5, 5.41) is 4.23. The van der Waals surface area contributed by atoms with Gasteiger partial charge in [0.05, 0.1) is 13.2 Å². The molecule has 0 spiro atoms. The molecule has 1 aromatic carbocycles. The van der Waals surface area contributed by atoms with E-state index in [0.29, 0.717) is 0 Å². The van der Waals surface area contributed by atoms with Crippen LogP contribution >= 0.6 is 0 Å². The van der Waals surface area contributed by atoms with Gasteiger partial charge in [-0.05, 0) is 43.5 Å².